The summed E-state index contributed by atoms with van der Waals surface area (Å²) < 4.78 is 19.9. The van der Waals surface area contributed by atoms with Gasteiger partial charge < -0.3 is 20.3 Å². The van der Waals surface area contributed by atoms with Crippen LogP contribution in [0.5, 0.6) is 0 Å². The Morgan fingerprint density at radius 1 is 1.31 bits per heavy atom. The fourth-order valence-electron chi connectivity index (χ4n) is 3.93. The van der Waals surface area contributed by atoms with Gasteiger partial charge in [0.25, 0.3) is 0 Å². The zero-order valence-corrected chi connectivity index (χ0v) is 19.7. The first-order chi connectivity index (χ1) is 13.8. The number of anilines is 1. The summed E-state index contributed by atoms with van der Waals surface area (Å²) in [5.41, 5.74) is 0. The minimum atomic E-state index is -0.262. The molecule has 1 unspecified atom stereocenters. The number of pyridine rings is 1. The molecule has 2 fully saturated rings. The molecule has 29 heavy (non-hydrogen) atoms. The van der Waals surface area contributed by atoms with E-state index in [1.807, 2.05) is 4.90 Å². The maximum atomic E-state index is 14.0. The van der Waals surface area contributed by atoms with Crippen LogP contribution in [0.25, 0.3) is 0 Å². The zero-order chi connectivity index (χ0) is 19.6. The zero-order valence-electron chi connectivity index (χ0n) is 17.4. The fraction of sp³-hybridized carbons (Fsp3) is 0.714. The number of aliphatic imine (C=N–C) groups is 1. The van der Waals surface area contributed by atoms with Crippen molar-refractivity contribution in [2.24, 2.45) is 4.99 Å². The number of ether oxygens (including phenoxy) is 1. The molecule has 0 aromatic carbocycles. The second-order valence-corrected chi connectivity index (χ2v) is 7.63. The van der Waals surface area contributed by atoms with E-state index in [1.165, 1.54) is 38.2 Å². The molecule has 1 aliphatic carbocycles. The highest BCUT2D eigenvalue weighted by molar-refractivity contribution is 14.0. The topological polar surface area (TPSA) is 61.8 Å². The highest BCUT2D eigenvalue weighted by atomic mass is 127. The molecule has 6 nitrogen and oxygen atoms in total. The standard InChI is InChI=1S/C21H34FN5O.HI/c1-2-23-21(25-13-7-15-28-18-8-4-3-5-9-18)26-17-11-14-27(16-17)20-19(22)10-6-12-24-20;/h6,10,12,17-18H,2-5,7-9,11,13-16H2,1H3,(H2,23,25,26);1H. The van der Waals surface area contributed by atoms with Crippen LogP contribution in [0.1, 0.15) is 51.9 Å². The number of nitrogens with zero attached hydrogens (tertiary/aromatic N) is 3. The van der Waals surface area contributed by atoms with E-state index in [-0.39, 0.29) is 35.8 Å². The molecule has 0 radical (unpaired) electrons. The van der Waals surface area contributed by atoms with Crippen LogP contribution in [0.4, 0.5) is 10.2 Å². The summed E-state index contributed by atoms with van der Waals surface area (Å²) in [6, 6.07) is 3.32. The predicted octanol–water partition coefficient (Wildman–Crippen LogP) is 3.71. The summed E-state index contributed by atoms with van der Waals surface area (Å²) in [7, 11) is 0. The number of guanidine groups is 1. The lowest BCUT2D eigenvalue weighted by atomic mass is 9.98. The van der Waals surface area contributed by atoms with E-state index in [1.54, 1.807) is 12.3 Å². The Bertz CT molecular complexity index is 627. The molecule has 1 aromatic rings. The highest BCUT2D eigenvalue weighted by Gasteiger charge is 2.25. The highest BCUT2D eigenvalue weighted by Crippen LogP contribution is 2.21. The third-order valence-electron chi connectivity index (χ3n) is 5.39. The molecule has 1 atom stereocenters. The minimum absolute atomic E-state index is 0. The van der Waals surface area contributed by atoms with Crippen LogP contribution in [0.3, 0.4) is 0 Å². The monoisotopic (exact) mass is 519 g/mol. The van der Waals surface area contributed by atoms with Crippen molar-refractivity contribution >= 4 is 35.8 Å². The van der Waals surface area contributed by atoms with Crippen molar-refractivity contribution in [1.29, 1.82) is 0 Å². The van der Waals surface area contributed by atoms with E-state index >= 15 is 0 Å². The van der Waals surface area contributed by atoms with Gasteiger partial charge in [-0.3, -0.25) is 4.99 Å². The molecular weight excluding hydrogens is 484 g/mol. The second-order valence-electron chi connectivity index (χ2n) is 7.63. The molecule has 2 N–H and O–H groups in total. The van der Waals surface area contributed by atoms with Gasteiger partial charge in [0.05, 0.1) is 6.10 Å². The average molecular weight is 519 g/mol. The molecule has 1 aromatic heterocycles. The summed E-state index contributed by atoms with van der Waals surface area (Å²) >= 11 is 0. The Morgan fingerprint density at radius 2 is 2.14 bits per heavy atom. The van der Waals surface area contributed by atoms with Crippen LogP contribution in [-0.2, 0) is 4.74 Å². The molecule has 0 amide bonds. The van der Waals surface area contributed by atoms with Gasteiger partial charge >= 0.3 is 0 Å². The van der Waals surface area contributed by atoms with Gasteiger partial charge in [0.15, 0.2) is 17.6 Å². The van der Waals surface area contributed by atoms with Crippen molar-refractivity contribution in [3.63, 3.8) is 0 Å². The smallest absolute Gasteiger partial charge is 0.191 e. The van der Waals surface area contributed by atoms with Crippen molar-refractivity contribution in [3.05, 3.63) is 24.1 Å². The van der Waals surface area contributed by atoms with Gasteiger partial charge in [-0.2, -0.15) is 0 Å². The van der Waals surface area contributed by atoms with Crippen molar-refractivity contribution < 1.29 is 9.13 Å². The molecule has 1 aliphatic heterocycles. The SMILES string of the molecule is CCNC(=NCCCOC1CCCCC1)NC1CCN(c2ncccc2F)C1.I. The van der Waals surface area contributed by atoms with Crippen LogP contribution < -0.4 is 15.5 Å². The molecule has 164 valence electrons. The van der Waals surface area contributed by atoms with Gasteiger partial charge in [0.1, 0.15) is 0 Å². The van der Waals surface area contributed by atoms with Gasteiger partial charge in [-0.25, -0.2) is 9.37 Å². The van der Waals surface area contributed by atoms with Gasteiger partial charge in [-0.15, -0.1) is 24.0 Å². The van der Waals surface area contributed by atoms with Gasteiger partial charge in [-0.1, -0.05) is 19.3 Å². The fourth-order valence-corrected chi connectivity index (χ4v) is 3.93. The Hall–Kier alpha value is -1.16. The Morgan fingerprint density at radius 3 is 2.90 bits per heavy atom. The summed E-state index contributed by atoms with van der Waals surface area (Å²) in [6.45, 7) is 5.92. The Labute approximate surface area is 191 Å². The van der Waals surface area contributed by atoms with E-state index in [2.05, 4.69) is 27.5 Å². The maximum absolute atomic E-state index is 14.0. The molecule has 8 heteroatoms. The molecule has 2 heterocycles. The third kappa shape index (κ3) is 7.88. The quantitative estimate of drug-likeness (QED) is 0.237. The Kier molecular flexibility index (Phi) is 11.0. The normalized spacial score (nSPS) is 20.4. The van der Waals surface area contributed by atoms with E-state index in [9.17, 15) is 4.39 Å². The van der Waals surface area contributed by atoms with Crippen LogP contribution >= 0.6 is 24.0 Å². The second kappa shape index (κ2) is 13.2. The molecule has 0 bridgehead atoms. The number of nitrogens with one attached hydrogen (secondary N) is 2. The number of hydrogen-bond acceptors (Lipinski definition) is 4. The summed E-state index contributed by atoms with van der Waals surface area (Å²) in [6.07, 6.45) is 10.4. The van der Waals surface area contributed by atoms with Crippen LogP contribution in [0, 0.1) is 5.82 Å². The molecule has 3 rings (SSSR count). The van der Waals surface area contributed by atoms with E-state index in [4.69, 9.17) is 4.74 Å². The van der Waals surface area contributed by atoms with Crippen LogP contribution in [0.2, 0.25) is 0 Å². The Balaban J connectivity index is 0.00000300. The average Bonchev–Trinajstić information content (AvgIpc) is 3.17. The number of halogens is 2. The maximum Gasteiger partial charge on any atom is 0.191 e. The molecule has 1 saturated carbocycles. The summed E-state index contributed by atoms with van der Waals surface area (Å²) in [5, 5.41) is 6.79. The first-order valence-corrected chi connectivity index (χ1v) is 10.8. The largest absolute Gasteiger partial charge is 0.378 e. The molecule has 1 saturated heterocycles. The molecular formula is C21H35FIN5O. The van der Waals surface area contributed by atoms with Crippen molar-refractivity contribution in [1.82, 2.24) is 15.6 Å². The number of hydrogen-bond donors (Lipinski definition) is 2. The molecule has 2 aliphatic rings. The van der Waals surface area contributed by atoms with Gasteiger partial charge in [-0.05, 0) is 44.7 Å². The lowest BCUT2D eigenvalue weighted by Gasteiger charge is -2.22. The van der Waals surface area contributed by atoms with Gasteiger partial charge in [0, 0.05) is 45.0 Å². The van der Waals surface area contributed by atoms with Crippen molar-refractivity contribution in [3.8, 4) is 0 Å². The predicted molar refractivity (Wildman–Crippen MR) is 127 cm³/mol. The lowest BCUT2D eigenvalue weighted by molar-refractivity contribution is 0.0281. The number of aromatic nitrogens is 1. The lowest BCUT2D eigenvalue weighted by Crippen LogP contribution is -2.44. The van der Waals surface area contributed by atoms with E-state index in [0.717, 1.165) is 51.6 Å². The first kappa shape index (κ1) is 24.1. The number of rotatable bonds is 8. The first-order valence-electron chi connectivity index (χ1n) is 10.8. The summed E-state index contributed by atoms with van der Waals surface area (Å²) in [4.78, 5) is 10.9. The van der Waals surface area contributed by atoms with E-state index in [0.29, 0.717) is 11.9 Å². The third-order valence-corrected chi connectivity index (χ3v) is 5.39. The van der Waals surface area contributed by atoms with E-state index < -0.39 is 0 Å². The molecule has 0 spiro atoms. The van der Waals surface area contributed by atoms with Crippen molar-refractivity contribution in [2.75, 3.05) is 37.7 Å². The minimum Gasteiger partial charge on any atom is -0.378 e. The van der Waals surface area contributed by atoms with Crippen LogP contribution in [-0.4, -0.2) is 55.9 Å². The van der Waals surface area contributed by atoms with Gasteiger partial charge in [0.2, 0.25) is 0 Å². The summed E-state index contributed by atoms with van der Waals surface area (Å²) in [5.74, 6) is 1.00. The van der Waals surface area contributed by atoms with Crippen LogP contribution in [0.15, 0.2) is 23.3 Å². The van der Waals surface area contributed by atoms with Crippen molar-refractivity contribution in [2.45, 2.75) is 64.0 Å².